The lowest BCUT2D eigenvalue weighted by molar-refractivity contribution is -0.123. The Morgan fingerprint density at radius 1 is 1.07 bits per heavy atom. The van der Waals surface area contributed by atoms with Crippen LogP contribution in [0.25, 0.3) is 11.0 Å². The number of nitrogens with two attached hydrogens (primary N) is 1. The summed E-state index contributed by atoms with van der Waals surface area (Å²) in [4.78, 5) is 47.8. The van der Waals surface area contributed by atoms with E-state index in [0.717, 1.165) is 11.6 Å². The number of anilines is 1. The van der Waals surface area contributed by atoms with E-state index in [9.17, 15) is 19.2 Å². The minimum Gasteiger partial charge on any atom is -0.449 e. The van der Waals surface area contributed by atoms with Crippen molar-refractivity contribution in [1.82, 2.24) is 0 Å². The molecule has 3 aromatic rings. The zero-order valence-corrected chi connectivity index (χ0v) is 15.7. The zero-order chi connectivity index (χ0) is 21.1. The highest BCUT2D eigenvalue weighted by atomic mass is 16.6. The molecule has 0 saturated carbocycles. The number of fused-ring (bicyclic) bond motifs is 1. The lowest BCUT2D eigenvalue weighted by Gasteiger charge is -2.13. The molecule has 1 aromatic heterocycles. The highest BCUT2D eigenvalue weighted by Crippen LogP contribution is 2.16. The molecule has 2 aromatic carbocycles. The van der Waals surface area contributed by atoms with Crippen molar-refractivity contribution < 1.29 is 23.5 Å². The van der Waals surface area contributed by atoms with Crippen molar-refractivity contribution in [1.29, 1.82) is 0 Å². The summed E-state index contributed by atoms with van der Waals surface area (Å²) in [6.07, 6.45) is -1.16. The van der Waals surface area contributed by atoms with E-state index in [1.54, 1.807) is 18.2 Å². The van der Waals surface area contributed by atoms with Crippen molar-refractivity contribution in [3.8, 4) is 0 Å². The normalized spacial score (nSPS) is 11.7. The van der Waals surface area contributed by atoms with E-state index in [4.69, 9.17) is 14.9 Å². The van der Waals surface area contributed by atoms with Crippen LogP contribution in [0.5, 0.6) is 0 Å². The number of carbonyl (C=O) groups is 3. The van der Waals surface area contributed by atoms with Gasteiger partial charge in [-0.25, -0.2) is 4.79 Å². The van der Waals surface area contributed by atoms with E-state index in [1.165, 1.54) is 31.2 Å². The Morgan fingerprint density at radius 3 is 2.41 bits per heavy atom. The summed E-state index contributed by atoms with van der Waals surface area (Å²) in [6.45, 7) is 3.22. The van der Waals surface area contributed by atoms with Crippen LogP contribution in [0.2, 0.25) is 0 Å². The van der Waals surface area contributed by atoms with Gasteiger partial charge in [0, 0.05) is 17.3 Å². The van der Waals surface area contributed by atoms with Gasteiger partial charge < -0.3 is 20.2 Å². The van der Waals surface area contributed by atoms with Crippen LogP contribution in [0.4, 0.5) is 5.69 Å². The molecule has 1 heterocycles. The van der Waals surface area contributed by atoms with Crippen LogP contribution in [0, 0.1) is 6.92 Å². The van der Waals surface area contributed by atoms with Crippen LogP contribution in [0.3, 0.4) is 0 Å². The third-order valence-corrected chi connectivity index (χ3v) is 4.17. The lowest BCUT2D eigenvalue weighted by atomic mass is 10.1. The van der Waals surface area contributed by atoms with E-state index in [-0.39, 0.29) is 16.8 Å². The smallest absolute Gasteiger partial charge is 0.375 e. The molecule has 0 aliphatic carbocycles. The molecule has 0 aliphatic heterocycles. The predicted octanol–water partition coefficient (Wildman–Crippen LogP) is 2.38. The fourth-order valence-electron chi connectivity index (χ4n) is 2.60. The quantitative estimate of drug-likeness (QED) is 0.639. The van der Waals surface area contributed by atoms with E-state index in [2.05, 4.69) is 5.32 Å². The number of esters is 1. The number of hydrogen-bond donors (Lipinski definition) is 2. The number of benzene rings is 2. The molecule has 0 radical (unpaired) electrons. The summed E-state index contributed by atoms with van der Waals surface area (Å²) < 4.78 is 10.5. The molecule has 2 amide bonds. The third-order valence-electron chi connectivity index (χ3n) is 4.17. The van der Waals surface area contributed by atoms with Gasteiger partial charge in [0.15, 0.2) is 11.5 Å². The molecule has 148 valence electrons. The first-order valence-electron chi connectivity index (χ1n) is 8.71. The summed E-state index contributed by atoms with van der Waals surface area (Å²) in [5.74, 6) is -2.41. The minimum absolute atomic E-state index is 0.252. The second-order valence-corrected chi connectivity index (χ2v) is 6.45. The van der Waals surface area contributed by atoms with Crippen molar-refractivity contribution in [2.45, 2.75) is 20.0 Å². The second kappa shape index (κ2) is 7.97. The summed E-state index contributed by atoms with van der Waals surface area (Å²) in [6, 6.07) is 12.0. The van der Waals surface area contributed by atoms with Crippen LogP contribution >= 0.6 is 0 Å². The van der Waals surface area contributed by atoms with Gasteiger partial charge in [-0.2, -0.15) is 0 Å². The Morgan fingerprint density at radius 2 is 1.76 bits per heavy atom. The molecule has 29 heavy (non-hydrogen) atoms. The number of ether oxygens (including phenoxy) is 1. The van der Waals surface area contributed by atoms with Gasteiger partial charge in [0.05, 0.1) is 5.39 Å². The Balaban J connectivity index is 1.70. The molecule has 3 rings (SSSR count). The molecule has 8 nitrogen and oxygen atoms in total. The minimum atomic E-state index is -1.16. The number of amides is 2. The average molecular weight is 394 g/mol. The molecule has 0 unspecified atom stereocenters. The van der Waals surface area contributed by atoms with Crippen molar-refractivity contribution >= 4 is 34.4 Å². The Hall–Kier alpha value is -3.94. The molecular weight excluding hydrogens is 376 g/mol. The van der Waals surface area contributed by atoms with Crippen LogP contribution in [-0.4, -0.2) is 23.9 Å². The molecule has 0 spiro atoms. The summed E-state index contributed by atoms with van der Waals surface area (Å²) in [5.41, 5.74) is 6.61. The predicted molar refractivity (Wildman–Crippen MR) is 106 cm³/mol. The first kappa shape index (κ1) is 19.8. The molecule has 0 bridgehead atoms. The molecule has 0 aliphatic rings. The van der Waals surface area contributed by atoms with E-state index < -0.39 is 23.9 Å². The Bertz CT molecular complexity index is 1160. The fourth-order valence-corrected chi connectivity index (χ4v) is 2.60. The van der Waals surface area contributed by atoms with Gasteiger partial charge in [-0.1, -0.05) is 11.6 Å². The highest BCUT2D eigenvalue weighted by Gasteiger charge is 2.21. The summed E-state index contributed by atoms with van der Waals surface area (Å²) in [7, 11) is 0. The van der Waals surface area contributed by atoms with Crippen LogP contribution < -0.4 is 16.5 Å². The molecule has 1 atom stereocenters. The average Bonchev–Trinajstić information content (AvgIpc) is 2.68. The van der Waals surface area contributed by atoms with Crippen molar-refractivity contribution in [3.63, 3.8) is 0 Å². The maximum absolute atomic E-state index is 12.3. The van der Waals surface area contributed by atoms with Crippen molar-refractivity contribution in [2.75, 3.05) is 5.32 Å². The van der Waals surface area contributed by atoms with E-state index in [1.807, 2.05) is 6.92 Å². The standard InChI is InChI=1S/C21H18N2O6/c1-11-3-8-17-15(9-11)16(24)10-18(29-17)21(27)28-12(2)20(26)23-14-6-4-13(5-7-14)19(22)25/h3-10,12H,1-2H3,(H2,22,25)(H,23,26)/t12-/m1/s1. The van der Waals surface area contributed by atoms with Crippen molar-refractivity contribution in [2.24, 2.45) is 5.73 Å². The number of hydrogen-bond acceptors (Lipinski definition) is 6. The molecule has 3 N–H and O–H groups in total. The van der Waals surface area contributed by atoms with Gasteiger partial charge in [0.1, 0.15) is 5.58 Å². The zero-order valence-electron chi connectivity index (χ0n) is 15.7. The van der Waals surface area contributed by atoms with Gasteiger partial charge in [-0.15, -0.1) is 0 Å². The van der Waals surface area contributed by atoms with Gasteiger partial charge in [-0.05, 0) is 50.2 Å². The maximum atomic E-state index is 12.3. The molecule has 0 fully saturated rings. The van der Waals surface area contributed by atoms with E-state index in [0.29, 0.717) is 16.6 Å². The molecular formula is C21H18N2O6. The Kier molecular flexibility index (Phi) is 5.45. The summed E-state index contributed by atoms with van der Waals surface area (Å²) in [5, 5.41) is 2.90. The maximum Gasteiger partial charge on any atom is 0.375 e. The number of carbonyl (C=O) groups excluding carboxylic acids is 3. The Labute approximate surface area is 165 Å². The number of primary amides is 1. The lowest BCUT2D eigenvalue weighted by Crippen LogP contribution is -2.30. The van der Waals surface area contributed by atoms with Gasteiger partial charge >= 0.3 is 5.97 Å². The highest BCUT2D eigenvalue weighted by molar-refractivity contribution is 5.98. The molecule has 0 saturated heterocycles. The fraction of sp³-hybridized carbons (Fsp3) is 0.143. The third kappa shape index (κ3) is 4.49. The number of aryl methyl sites for hydroxylation is 1. The van der Waals surface area contributed by atoms with Gasteiger partial charge in [-0.3, -0.25) is 14.4 Å². The first-order valence-corrected chi connectivity index (χ1v) is 8.71. The molecule has 8 heteroatoms. The number of rotatable bonds is 5. The van der Waals surface area contributed by atoms with Crippen LogP contribution in [0.15, 0.2) is 57.7 Å². The number of nitrogens with one attached hydrogen (secondary N) is 1. The van der Waals surface area contributed by atoms with Crippen LogP contribution in [-0.2, 0) is 9.53 Å². The van der Waals surface area contributed by atoms with Gasteiger partial charge in [0.25, 0.3) is 5.91 Å². The van der Waals surface area contributed by atoms with Gasteiger partial charge in [0.2, 0.25) is 11.7 Å². The SMILES string of the molecule is Cc1ccc2oc(C(=O)O[C@H](C)C(=O)Nc3ccc(C(N)=O)cc3)cc(=O)c2c1. The second-order valence-electron chi connectivity index (χ2n) is 6.45. The summed E-state index contributed by atoms with van der Waals surface area (Å²) >= 11 is 0. The first-order chi connectivity index (χ1) is 13.7. The van der Waals surface area contributed by atoms with Crippen LogP contribution in [0.1, 0.15) is 33.4 Å². The largest absolute Gasteiger partial charge is 0.449 e. The topological polar surface area (TPSA) is 129 Å². The van der Waals surface area contributed by atoms with Crippen molar-refractivity contribution in [3.05, 3.63) is 75.6 Å². The van der Waals surface area contributed by atoms with E-state index >= 15 is 0 Å². The monoisotopic (exact) mass is 394 g/mol.